The average Bonchev–Trinajstić information content (AvgIpc) is 3.09. The van der Waals surface area contributed by atoms with E-state index in [-0.39, 0.29) is 5.69 Å². The lowest BCUT2D eigenvalue weighted by atomic mass is 10.2. The van der Waals surface area contributed by atoms with Gasteiger partial charge in [0.15, 0.2) is 5.69 Å². The molecule has 0 radical (unpaired) electrons. The maximum atomic E-state index is 11.6. The predicted molar refractivity (Wildman–Crippen MR) is 72.8 cm³/mol. The third-order valence-corrected chi connectivity index (χ3v) is 3.15. The zero-order chi connectivity index (χ0) is 14.8. The molecule has 0 aliphatic carbocycles. The monoisotopic (exact) mass is 286 g/mol. The number of nitrogens with zero attached hydrogens (tertiary/aromatic N) is 6. The van der Waals surface area contributed by atoms with Crippen LogP contribution in [0.1, 0.15) is 28.8 Å². The molecule has 0 spiro atoms. The van der Waals surface area contributed by atoms with Gasteiger partial charge in [0.2, 0.25) is 5.78 Å². The zero-order valence-electron chi connectivity index (χ0n) is 11.7. The Morgan fingerprint density at radius 3 is 3.00 bits per heavy atom. The van der Waals surface area contributed by atoms with Gasteiger partial charge in [-0.3, -0.25) is 4.40 Å². The van der Waals surface area contributed by atoms with Crippen LogP contribution in [-0.4, -0.2) is 42.4 Å². The predicted octanol–water partition coefficient (Wildman–Crippen LogP) is 0.718. The molecule has 8 nitrogen and oxygen atoms in total. The van der Waals surface area contributed by atoms with Crippen LogP contribution in [0.5, 0.6) is 0 Å². The van der Waals surface area contributed by atoms with Gasteiger partial charge in [0.1, 0.15) is 0 Å². The zero-order valence-corrected chi connectivity index (χ0v) is 11.7. The van der Waals surface area contributed by atoms with E-state index in [1.54, 1.807) is 10.9 Å². The van der Waals surface area contributed by atoms with E-state index in [0.29, 0.717) is 18.7 Å². The molecule has 0 aliphatic heterocycles. The number of hydrogen-bond acceptors (Lipinski definition) is 6. The summed E-state index contributed by atoms with van der Waals surface area (Å²) < 4.78 is 8.20. The molecule has 0 bridgehead atoms. The first-order valence-electron chi connectivity index (χ1n) is 6.52. The highest BCUT2D eigenvalue weighted by Crippen LogP contribution is 2.11. The quantitative estimate of drug-likeness (QED) is 0.657. The van der Waals surface area contributed by atoms with Gasteiger partial charge >= 0.3 is 5.97 Å². The number of fused-ring (bicyclic) bond motifs is 1. The first-order chi connectivity index (χ1) is 10.2. The molecular formula is C13H14N6O2. The molecule has 3 heterocycles. The van der Waals surface area contributed by atoms with Crippen LogP contribution in [0.25, 0.3) is 5.78 Å². The third kappa shape index (κ3) is 2.35. The lowest BCUT2D eigenvalue weighted by molar-refractivity contribution is 0.0592. The van der Waals surface area contributed by atoms with E-state index in [0.717, 1.165) is 11.4 Å². The number of carbonyl (C=O) groups is 1. The highest BCUT2D eigenvalue weighted by molar-refractivity contribution is 5.88. The van der Waals surface area contributed by atoms with Crippen molar-refractivity contribution in [3.63, 3.8) is 0 Å². The van der Waals surface area contributed by atoms with Gasteiger partial charge < -0.3 is 4.74 Å². The van der Waals surface area contributed by atoms with Gasteiger partial charge in [0.05, 0.1) is 25.0 Å². The largest absolute Gasteiger partial charge is 0.464 e. The van der Waals surface area contributed by atoms with Crippen molar-refractivity contribution in [1.29, 1.82) is 0 Å². The van der Waals surface area contributed by atoms with Gasteiger partial charge in [0, 0.05) is 18.6 Å². The molecule has 0 saturated heterocycles. The number of hydrogen-bond donors (Lipinski definition) is 0. The van der Waals surface area contributed by atoms with E-state index in [2.05, 4.69) is 20.3 Å². The molecule has 21 heavy (non-hydrogen) atoms. The Balaban J connectivity index is 1.94. The number of imidazole rings is 1. The Labute approximate surface area is 120 Å². The number of rotatable bonds is 4. The lowest BCUT2D eigenvalue weighted by Gasteiger charge is -2.03. The van der Waals surface area contributed by atoms with Crippen LogP contribution in [0, 0.1) is 0 Å². The average molecular weight is 286 g/mol. The summed E-state index contributed by atoms with van der Waals surface area (Å²) in [6.07, 6.45) is 6.07. The van der Waals surface area contributed by atoms with E-state index in [1.165, 1.54) is 7.11 Å². The number of methoxy groups -OCH3 is 1. The molecule has 3 aromatic heterocycles. The van der Waals surface area contributed by atoms with Crippen molar-refractivity contribution in [3.05, 3.63) is 41.7 Å². The molecule has 108 valence electrons. The van der Waals surface area contributed by atoms with E-state index in [4.69, 9.17) is 4.74 Å². The Morgan fingerprint density at radius 2 is 2.29 bits per heavy atom. The second kappa shape index (κ2) is 5.31. The Morgan fingerprint density at radius 1 is 1.43 bits per heavy atom. The lowest BCUT2D eigenvalue weighted by Crippen LogP contribution is -2.10. The summed E-state index contributed by atoms with van der Waals surface area (Å²) in [5.74, 6) is 0.147. The van der Waals surface area contributed by atoms with E-state index in [9.17, 15) is 4.79 Å². The molecule has 0 fully saturated rings. The van der Waals surface area contributed by atoms with Crippen molar-refractivity contribution in [2.24, 2.45) is 0 Å². The SMILES string of the molecule is CCc1c(C(=O)OC)nnn1Cc1cn2cccnc2n1. The van der Waals surface area contributed by atoms with Gasteiger partial charge in [-0.05, 0) is 12.5 Å². The second-order valence-corrected chi connectivity index (χ2v) is 4.45. The molecule has 0 unspecified atom stereocenters. The topological polar surface area (TPSA) is 87.2 Å². The number of aromatic nitrogens is 6. The van der Waals surface area contributed by atoms with Crippen molar-refractivity contribution in [2.45, 2.75) is 19.9 Å². The standard InChI is InChI=1S/C13H14N6O2/c1-3-10-11(12(20)21-2)16-17-19(10)8-9-7-18-6-4-5-14-13(18)15-9/h4-7H,3,8H2,1-2H3. The van der Waals surface area contributed by atoms with Crippen LogP contribution >= 0.6 is 0 Å². The minimum Gasteiger partial charge on any atom is -0.464 e. The molecule has 0 atom stereocenters. The van der Waals surface area contributed by atoms with Crippen LogP contribution in [0.15, 0.2) is 24.7 Å². The fourth-order valence-corrected chi connectivity index (χ4v) is 2.17. The first kappa shape index (κ1) is 13.2. The molecule has 3 aromatic rings. The van der Waals surface area contributed by atoms with Crippen molar-refractivity contribution < 1.29 is 9.53 Å². The van der Waals surface area contributed by atoms with Crippen molar-refractivity contribution in [2.75, 3.05) is 7.11 Å². The van der Waals surface area contributed by atoms with Crippen LogP contribution in [0.4, 0.5) is 0 Å². The van der Waals surface area contributed by atoms with Gasteiger partial charge in [-0.15, -0.1) is 5.10 Å². The summed E-state index contributed by atoms with van der Waals surface area (Å²) in [6, 6.07) is 1.83. The van der Waals surface area contributed by atoms with Crippen LogP contribution in [-0.2, 0) is 17.7 Å². The highest BCUT2D eigenvalue weighted by atomic mass is 16.5. The first-order valence-corrected chi connectivity index (χ1v) is 6.52. The number of carbonyl (C=O) groups excluding carboxylic acids is 1. The molecule has 0 saturated carbocycles. The minimum atomic E-state index is -0.477. The smallest absolute Gasteiger partial charge is 0.360 e. The van der Waals surface area contributed by atoms with Crippen molar-refractivity contribution >= 4 is 11.7 Å². The van der Waals surface area contributed by atoms with Crippen LogP contribution < -0.4 is 0 Å². The molecule has 0 aliphatic rings. The Hall–Kier alpha value is -2.77. The van der Waals surface area contributed by atoms with E-state index >= 15 is 0 Å². The summed E-state index contributed by atoms with van der Waals surface area (Å²) in [5.41, 5.74) is 1.78. The molecule has 8 heteroatoms. The second-order valence-electron chi connectivity index (χ2n) is 4.45. The fraction of sp³-hybridized carbons (Fsp3) is 0.308. The van der Waals surface area contributed by atoms with Crippen molar-refractivity contribution in [1.82, 2.24) is 29.4 Å². The maximum Gasteiger partial charge on any atom is 0.360 e. The highest BCUT2D eigenvalue weighted by Gasteiger charge is 2.19. The summed E-state index contributed by atoms with van der Waals surface area (Å²) in [4.78, 5) is 20.2. The van der Waals surface area contributed by atoms with Crippen molar-refractivity contribution in [3.8, 4) is 0 Å². The maximum absolute atomic E-state index is 11.6. The van der Waals surface area contributed by atoms with Crippen LogP contribution in [0.2, 0.25) is 0 Å². The summed E-state index contributed by atoms with van der Waals surface area (Å²) in [5, 5.41) is 7.91. The fourth-order valence-electron chi connectivity index (χ4n) is 2.17. The molecule has 0 amide bonds. The molecule has 3 rings (SSSR count). The normalized spacial score (nSPS) is 11.0. The third-order valence-electron chi connectivity index (χ3n) is 3.15. The minimum absolute atomic E-state index is 0.252. The summed E-state index contributed by atoms with van der Waals surface area (Å²) in [6.45, 7) is 2.36. The van der Waals surface area contributed by atoms with E-state index < -0.39 is 5.97 Å². The summed E-state index contributed by atoms with van der Waals surface area (Å²) in [7, 11) is 1.33. The Kier molecular flexibility index (Phi) is 3.35. The van der Waals surface area contributed by atoms with Gasteiger partial charge in [-0.1, -0.05) is 12.1 Å². The number of esters is 1. The van der Waals surface area contributed by atoms with Gasteiger partial charge in [-0.25, -0.2) is 19.4 Å². The molecular weight excluding hydrogens is 272 g/mol. The molecule has 0 aromatic carbocycles. The van der Waals surface area contributed by atoms with E-state index in [1.807, 2.05) is 29.8 Å². The molecule has 0 N–H and O–H groups in total. The number of ether oxygens (including phenoxy) is 1. The Bertz CT molecular complexity index is 758. The van der Waals surface area contributed by atoms with Gasteiger partial charge in [-0.2, -0.15) is 0 Å². The van der Waals surface area contributed by atoms with Gasteiger partial charge in [0.25, 0.3) is 0 Å². The van der Waals surface area contributed by atoms with Crippen LogP contribution in [0.3, 0.4) is 0 Å². The summed E-state index contributed by atoms with van der Waals surface area (Å²) >= 11 is 0.